The van der Waals surface area contributed by atoms with Gasteiger partial charge in [0.1, 0.15) is 11.6 Å². The summed E-state index contributed by atoms with van der Waals surface area (Å²) in [7, 11) is 1.29. The van der Waals surface area contributed by atoms with Crippen molar-refractivity contribution in [2.45, 2.75) is 12.8 Å². The van der Waals surface area contributed by atoms with E-state index in [0.717, 1.165) is 5.56 Å². The van der Waals surface area contributed by atoms with Crippen molar-refractivity contribution >= 4 is 35.1 Å². The largest absolute Gasteiger partial charge is 0.478 e. The van der Waals surface area contributed by atoms with Crippen LogP contribution in [-0.4, -0.2) is 34.1 Å². The summed E-state index contributed by atoms with van der Waals surface area (Å²) in [5, 5.41) is 9.66. The zero-order valence-electron chi connectivity index (χ0n) is 19.4. The highest BCUT2D eigenvalue weighted by atomic mass is 35.5. The molecule has 0 aliphatic heterocycles. The Balaban J connectivity index is 0.000000206. The number of benzene rings is 2. The van der Waals surface area contributed by atoms with Crippen LogP contribution in [0, 0.1) is 11.6 Å². The quantitative estimate of drug-likeness (QED) is 0.282. The van der Waals surface area contributed by atoms with Gasteiger partial charge in [-0.15, -0.1) is 0 Å². The normalized spacial score (nSPS) is 10.3. The minimum atomic E-state index is -1.10. The summed E-state index contributed by atoms with van der Waals surface area (Å²) in [6, 6.07) is 14.9. The monoisotopic (exact) mass is 544 g/mol. The number of methoxy groups -OCH3 is 1. The lowest BCUT2D eigenvalue weighted by molar-refractivity contribution is 0.0598. The van der Waals surface area contributed by atoms with Crippen LogP contribution in [0.1, 0.15) is 43.2 Å². The van der Waals surface area contributed by atoms with Crippen molar-refractivity contribution in [1.29, 1.82) is 0 Å². The highest BCUT2D eigenvalue weighted by Crippen LogP contribution is 2.19. The minimum absolute atomic E-state index is 0.0340. The Morgan fingerprint density at radius 2 is 1.27 bits per heavy atom. The Labute approximate surface area is 221 Å². The van der Waals surface area contributed by atoms with E-state index in [-0.39, 0.29) is 28.6 Å². The number of pyridine rings is 2. The fourth-order valence-corrected chi connectivity index (χ4v) is 3.69. The fraction of sp³-hybridized carbons (Fsp3) is 0.111. The van der Waals surface area contributed by atoms with Gasteiger partial charge in [0.25, 0.3) is 0 Å². The van der Waals surface area contributed by atoms with Crippen LogP contribution in [0.25, 0.3) is 0 Å². The molecule has 0 aliphatic rings. The topological polar surface area (TPSA) is 89.4 Å². The number of esters is 1. The number of aromatic carboxylic acids is 1. The number of hydrogen-bond acceptors (Lipinski definition) is 5. The zero-order chi connectivity index (χ0) is 26.9. The highest BCUT2D eigenvalue weighted by molar-refractivity contribution is 6.31. The third-order valence-corrected chi connectivity index (χ3v) is 5.44. The van der Waals surface area contributed by atoms with Crippen molar-refractivity contribution < 1.29 is 28.2 Å². The molecular formula is C27H20Cl2F2N2O4. The zero-order valence-corrected chi connectivity index (χ0v) is 20.9. The first-order valence-electron chi connectivity index (χ1n) is 10.8. The molecule has 0 saturated heterocycles. The molecule has 190 valence electrons. The summed E-state index contributed by atoms with van der Waals surface area (Å²) in [5.41, 5.74) is 2.57. The fourth-order valence-electron chi connectivity index (χ4n) is 3.37. The number of rotatable bonds is 6. The number of carboxylic acid groups (broad SMARTS) is 1. The molecule has 0 atom stereocenters. The van der Waals surface area contributed by atoms with Crippen LogP contribution in [0.3, 0.4) is 0 Å². The van der Waals surface area contributed by atoms with Gasteiger partial charge < -0.3 is 9.84 Å². The van der Waals surface area contributed by atoms with Crippen LogP contribution in [-0.2, 0) is 17.6 Å². The van der Waals surface area contributed by atoms with Crippen LogP contribution in [0.4, 0.5) is 8.78 Å². The second-order valence-corrected chi connectivity index (χ2v) is 8.58. The predicted molar refractivity (Wildman–Crippen MR) is 135 cm³/mol. The summed E-state index contributed by atoms with van der Waals surface area (Å²) in [5.74, 6) is -2.30. The van der Waals surface area contributed by atoms with Crippen molar-refractivity contribution in [3.05, 3.63) is 128 Å². The third-order valence-electron chi connectivity index (χ3n) is 5.03. The molecule has 0 unspecified atom stereocenters. The summed E-state index contributed by atoms with van der Waals surface area (Å²) < 4.78 is 30.8. The molecule has 2 aromatic heterocycles. The third kappa shape index (κ3) is 8.06. The summed E-state index contributed by atoms with van der Waals surface area (Å²) >= 11 is 11.5. The molecule has 0 aliphatic carbocycles. The maximum atomic E-state index is 13.1. The van der Waals surface area contributed by atoms with E-state index in [9.17, 15) is 18.4 Å². The van der Waals surface area contributed by atoms with Crippen molar-refractivity contribution in [3.8, 4) is 0 Å². The summed E-state index contributed by atoms with van der Waals surface area (Å²) in [6.07, 6.45) is 3.40. The molecule has 0 saturated carbocycles. The van der Waals surface area contributed by atoms with Gasteiger partial charge in [-0.2, -0.15) is 0 Å². The van der Waals surface area contributed by atoms with Crippen LogP contribution < -0.4 is 0 Å². The van der Waals surface area contributed by atoms with E-state index in [0.29, 0.717) is 34.0 Å². The van der Waals surface area contributed by atoms with Crippen LogP contribution >= 0.6 is 23.2 Å². The molecule has 0 spiro atoms. The molecular weight excluding hydrogens is 525 g/mol. The maximum absolute atomic E-state index is 13.1. The molecule has 0 bridgehead atoms. The lowest BCUT2D eigenvalue weighted by Gasteiger charge is -2.07. The standard InChI is InChI=1S/C14H11ClFNO2.C13H9ClFNO2/c1-19-14(18)12-7-10(15)8-17-13(12)6-9-3-2-4-11(16)5-9;14-9-6-11(13(17)18)12(16-7-9)5-8-2-1-3-10(15)4-8/h2-5,7-8H,6H2,1H3;1-4,6-7H,5H2,(H,17,18). The molecule has 0 radical (unpaired) electrons. The Morgan fingerprint density at radius 1 is 0.811 bits per heavy atom. The van der Waals surface area contributed by atoms with Gasteiger partial charge in [-0.3, -0.25) is 9.97 Å². The molecule has 0 fully saturated rings. The number of hydrogen-bond donors (Lipinski definition) is 1. The Kier molecular flexibility index (Phi) is 9.65. The van der Waals surface area contributed by atoms with E-state index in [1.165, 1.54) is 55.9 Å². The first kappa shape index (κ1) is 27.7. The Hall–Kier alpha value is -3.88. The van der Waals surface area contributed by atoms with Crippen LogP contribution in [0.5, 0.6) is 0 Å². The van der Waals surface area contributed by atoms with E-state index in [2.05, 4.69) is 14.7 Å². The molecule has 6 nitrogen and oxygen atoms in total. The van der Waals surface area contributed by atoms with Gasteiger partial charge in [0.15, 0.2) is 0 Å². The van der Waals surface area contributed by atoms with Gasteiger partial charge in [0, 0.05) is 25.2 Å². The predicted octanol–water partition coefficient (Wildman–Crippen LogP) is 6.41. The summed E-state index contributed by atoms with van der Waals surface area (Å²) in [4.78, 5) is 30.8. The van der Waals surface area contributed by atoms with Gasteiger partial charge in [-0.1, -0.05) is 47.5 Å². The second-order valence-electron chi connectivity index (χ2n) is 7.71. The van der Waals surface area contributed by atoms with Gasteiger partial charge in [0.2, 0.25) is 0 Å². The van der Waals surface area contributed by atoms with E-state index < -0.39 is 11.9 Å². The average molecular weight is 545 g/mol. The minimum Gasteiger partial charge on any atom is -0.478 e. The molecule has 10 heteroatoms. The molecule has 4 aromatic rings. The van der Waals surface area contributed by atoms with Gasteiger partial charge in [-0.25, -0.2) is 18.4 Å². The van der Waals surface area contributed by atoms with E-state index in [4.69, 9.17) is 28.3 Å². The lowest BCUT2D eigenvalue weighted by Crippen LogP contribution is -2.08. The Morgan fingerprint density at radius 3 is 1.70 bits per heavy atom. The SMILES string of the molecule is COC(=O)c1cc(Cl)cnc1Cc1cccc(F)c1.O=C(O)c1cc(Cl)cnc1Cc1cccc(F)c1. The Bertz CT molecular complexity index is 1430. The molecule has 2 aromatic carbocycles. The van der Waals surface area contributed by atoms with E-state index in [1.54, 1.807) is 24.3 Å². The number of aromatic nitrogens is 2. The molecule has 4 rings (SSSR count). The van der Waals surface area contributed by atoms with Crippen LogP contribution in [0.2, 0.25) is 10.0 Å². The number of nitrogens with zero attached hydrogens (tertiary/aromatic N) is 2. The highest BCUT2D eigenvalue weighted by Gasteiger charge is 2.15. The second kappa shape index (κ2) is 12.9. The van der Waals surface area contributed by atoms with E-state index >= 15 is 0 Å². The summed E-state index contributed by atoms with van der Waals surface area (Å²) in [6.45, 7) is 0. The first-order chi connectivity index (χ1) is 17.7. The van der Waals surface area contributed by atoms with Crippen molar-refractivity contribution in [3.63, 3.8) is 0 Å². The van der Waals surface area contributed by atoms with Crippen LogP contribution in [0.15, 0.2) is 73.1 Å². The van der Waals surface area contributed by atoms with Crippen molar-refractivity contribution in [2.24, 2.45) is 0 Å². The van der Waals surface area contributed by atoms with Gasteiger partial charge >= 0.3 is 11.9 Å². The number of halogens is 4. The average Bonchev–Trinajstić information content (AvgIpc) is 2.86. The van der Waals surface area contributed by atoms with Gasteiger partial charge in [0.05, 0.1) is 39.7 Å². The number of carbonyl (C=O) groups is 2. The molecule has 37 heavy (non-hydrogen) atoms. The first-order valence-corrected chi connectivity index (χ1v) is 11.5. The number of carbonyl (C=O) groups excluding carboxylic acids is 1. The van der Waals surface area contributed by atoms with Gasteiger partial charge in [-0.05, 0) is 47.5 Å². The van der Waals surface area contributed by atoms with Crippen molar-refractivity contribution in [1.82, 2.24) is 9.97 Å². The molecule has 2 heterocycles. The molecule has 0 amide bonds. The molecule has 1 N–H and O–H groups in total. The maximum Gasteiger partial charge on any atom is 0.339 e. The number of ether oxygens (including phenoxy) is 1. The van der Waals surface area contributed by atoms with Crippen molar-refractivity contribution in [2.75, 3.05) is 7.11 Å². The lowest BCUT2D eigenvalue weighted by atomic mass is 10.1. The smallest absolute Gasteiger partial charge is 0.339 e. The van der Waals surface area contributed by atoms with E-state index in [1.807, 2.05) is 0 Å². The number of carboxylic acids is 1.